The largest absolute Gasteiger partial charge is 0.273 e. The highest BCUT2D eigenvalue weighted by Crippen LogP contribution is 2.24. The summed E-state index contributed by atoms with van der Waals surface area (Å²) in [5, 5.41) is 0. The molecule has 3 N–H and O–H groups in total. The summed E-state index contributed by atoms with van der Waals surface area (Å²) >= 11 is 3.21. The minimum Gasteiger partial charge on any atom is -0.273 e. The number of nitrogens with one attached hydrogen (secondary N) is 3. The van der Waals surface area contributed by atoms with Crippen molar-refractivity contribution in [1.29, 1.82) is 0 Å². The molecule has 1 fully saturated rings. The van der Waals surface area contributed by atoms with Crippen molar-refractivity contribution in [3.05, 3.63) is 28.2 Å². The second kappa shape index (κ2) is 8.09. The van der Waals surface area contributed by atoms with Gasteiger partial charge in [-0.1, -0.05) is 19.3 Å². The van der Waals surface area contributed by atoms with Crippen LogP contribution in [0.1, 0.15) is 42.5 Å². The van der Waals surface area contributed by atoms with Gasteiger partial charge in [-0.25, -0.2) is 13.1 Å². The maximum absolute atomic E-state index is 12.2. The highest BCUT2D eigenvalue weighted by Gasteiger charge is 2.22. The zero-order valence-corrected chi connectivity index (χ0v) is 15.7. The van der Waals surface area contributed by atoms with Crippen molar-refractivity contribution in [3.8, 4) is 0 Å². The summed E-state index contributed by atoms with van der Waals surface area (Å²) < 4.78 is 26.3. The molecule has 1 saturated carbocycles. The minimum absolute atomic E-state index is 0.0306. The molecule has 0 spiro atoms. The lowest BCUT2D eigenvalue weighted by Gasteiger charge is -2.20. The minimum atomic E-state index is -3.66. The normalized spacial score (nSPS) is 15.8. The number of hydrogen-bond donors (Lipinski definition) is 3. The monoisotopic (exact) mass is 417 g/mol. The van der Waals surface area contributed by atoms with Gasteiger partial charge in [-0.15, -0.1) is 0 Å². The first-order chi connectivity index (χ1) is 11.3. The molecular formula is C15H20BrN3O4S. The predicted molar refractivity (Wildman–Crippen MR) is 92.6 cm³/mol. The molecule has 0 aliphatic heterocycles. The number of rotatable bonds is 4. The number of carbonyl (C=O) groups excluding carboxylic acids is 2. The Kier molecular flexibility index (Phi) is 6.36. The predicted octanol–water partition coefficient (Wildman–Crippen LogP) is 1.70. The van der Waals surface area contributed by atoms with E-state index in [0.29, 0.717) is 4.47 Å². The maximum atomic E-state index is 12.2. The third-order valence-corrected chi connectivity index (χ3v) is 6.14. The van der Waals surface area contributed by atoms with Crippen LogP contribution in [0.5, 0.6) is 0 Å². The van der Waals surface area contributed by atoms with Crippen molar-refractivity contribution in [2.75, 3.05) is 7.05 Å². The van der Waals surface area contributed by atoms with Gasteiger partial charge in [0.05, 0.1) is 10.5 Å². The smallest absolute Gasteiger partial charge is 0.270 e. The lowest BCUT2D eigenvalue weighted by atomic mass is 9.89. The molecule has 1 aromatic rings. The molecule has 9 heteroatoms. The Balaban J connectivity index is 2.06. The number of sulfonamides is 1. The van der Waals surface area contributed by atoms with Gasteiger partial charge in [-0.2, -0.15) is 0 Å². The first-order valence-electron chi connectivity index (χ1n) is 7.68. The number of carbonyl (C=O) groups is 2. The average molecular weight is 418 g/mol. The highest BCUT2D eigenvalue weighted by atomic mass is 79.9. The summed E-state index contributed by atoms with van der Waals surface area (Å²) in [6.45, 7) is 0. The van der Waals surface area contributed by atoms with Gasteiger partial charge in [0.2, 0.25) is 15.9 Å². The second-order valence-electron chi connectivity index (χ2n) is 5.63. The standard InChI is InChI=1S/C15H20BrN3O4S/c1-17-24(22,23)11-7-8-13(16)12(9-11)15(21)19-18-14(20)10-5-3-2-4-6-10/h7-10,17H,2-6H2,1H3,(H,18,20)(H,19,21). The lowest BCUT2D eigenvalue weighted by molar-refractivity contribution is -0.126. The van der Waals surface area contributed by atoms with Gasteiger partial charge >= 0.3 is 0 Å². The van der Waals surface area contributed by atoms with Gasteiger partial charge in [-0.3, -0.25) is 20.4 Å². The van der Waals surface area contributed by atoms with Crippen LogP contribution in [0.2, 0.25) is 0 Å². The topological polar surface area (TPSA) is 104 Å². The molecule has 0 bridgehead atoms. The first kappa shape index (κ1) is 18.9. The summed E-state index contributed by atoms with van der Waals surface area (Å²) in [4.78, 5) is 24.3. The Morgan fingerprint density at radius 3 is 2.42 bits per heavy atom. The van der Waals surface area contributed by atoms with Crippen LogP contribution in [-0.4, -0.2) is 27.3 Å². The van der Waals surface area contributed by atoms with Crippen LogP contribution in [0.3, 0.4) is 0 Å². The number of halogens is 1. The van der Waals surface area contributed by atoms with E-state index >= 15 is 0 Å². The van der Waals surface area contributed by atoms with Crippen LogP contribution in [0, 0.1) is 5.92 Å². The van der Waals surface area contributed by atoms with Crippen molar-refractivity contribution in [2.24, 2.45) is 5.92 Å². The summed E-state index contributed by atoms with van der Waals surface area (Å²) in [5.41, 5.74) is 4.90. The van der Waals surface area contributed by atoms with Crippen LogP contribution in [0.15, 0.2) is 27.6 Å². The van der Waals surface area contributed by atoms with Crippen molar-refractivity contribution < 1.29 is 18.0 Å². The Morgan fingerprint density at radius 2 is 1.79 bits per heavy atom. The summed E-state index contributed by atoms with van der Waals surface area (Å²) in [6, 6.07) is 4.10. The van der Waals surface area contributed by atoms with Gasteiger partial charge in [0.25, 0.3) is 5.91 Å². The Bertz CT molecular complexity index is 730. The number of benzene rings is 1. The van der Waals surface area contributed by atoms with Gasteiger partial charge in [0, 0.05) is 10.4 Å². The summed E-state index contributed by atoms with van der Waals surface area (Å²) in [5.74, 6) is -0.879. The molecule has 2 amide bonds. The molecule has 1 aromatic carbocycles. The fourth-order valence-corrected chi connectivity index (χ4v) is 3.80. The zero-order chi connectivity index (χ0) is 17.7. The molecule has 1 aliphatic rings. The Morgan fingerprint density at radius 1 is 1.12 bits per heavy atom. The maximum Gasteiger partial charge on any atom is 0.270 e. The number of hydrazine groups is 1. The Hall–Kier alpha value is -1.45. The van der Waals surface area contributed by atoms with Crippen molar-refractivity contribution in [2.45, 2.75) is 37.0 Å². The third-order valence-electron chi connectivity index (χ3n) is 4.04. The van der Waals surface area contributed by atoms with Crippen molar-refractivity contribution in [1.82, 2.24) is 15.6 Å². The van der Waals surface area contributed by atoms with Crippen LogP contribution in [-0.2, 0) is 14.8 Å². The van der Waals surface area contributed by atoms with Crippen LogP contribution >= 0.6 is 15.9 Å². The molecule has 24 heavy (non-hydrogen) atoms. The van der Waals surface area contributed by atoms with E-state index in [-0.39, 0.29) is 22.3 Å². The van der Waals surface area contributed by atoms with E-state index in [1.54, 1.807) is 0 Å². The molecule has 2 rings (SSSR count). The van der Waals surface area contributed by atoms with Gasteiger partial charge in [0.1, 0.15) is 0 Å². The molecule has 1 aliphatic carbocycles. The molecule has 7 nitrogen and oxygen atoms in total. The highest BCUT2D eigenvalue weighted by molar-refractivity contribution is 9.10. The zero-order valence-electron chi connectivity index (χ0n) is 13.3. The van der Waals surface area contributed by atoms with Crippen LogP contribution in [0.4, 0.5) is 0 Å². The SMILES string of the molecule is CNS(=O)(=O)c1ccc(Br)c(C(=O)NNC(=O)C2CCCCC2)c1. The lowest BCUT2D eigenvalue weighted by Crippen LogP contribution is -2.45. The van der Waals surface area contributed by atoms with E-state index in [4.69, 9.17) is 0 Å². The molecule has 0 unspecified atom stereocenters. The second-order valence-corrected chi connectivity index (χ2v) is 8.37. The quantitative estimate of drug-likeness (QED) is 0.648. The first-order valence-corrected chi connectivity index (χ1v) is 9.96. The van der Waals surface area contributed by atoms with Gasteiger partial charge in [-0.05, 0) is 54.0 Å². The molecule has 132 valence electrons. The van der Waals surface area contributed by atoms with E-state index < -0.39 is 15.9 Å². The summed E-state index contributed by atoms with van der Waals surface area (Å²) in [7, 11) is -2.36. The molecular weight excluding hydrogens is 398 g/mol. The fraction of sp³-hybridized carbons (Fsp3) is 0.467. The van der Waals surface area contributed by atoms with Crippen LogP contribution in [0.25, 0.3) is 0 Å². The van der Waals surface area contributed by atoms with Crippen molar-refractivity contribution >= 4 is 37.8 Å². The molecule has 0 heterocycles. The number of hydrogen-bond acceptors (Lipinski definition) is 4. The third kappa shape index (κ3) is 4.55. The van der Waals surface area contributed by atoms with Crippen molar-refractivity contribution in [3.63, 3.8) is 0 Å². The molecule has 0 saturated heterocycles. The molecule has 0 radical (unpaired) electrons. The molecule has 0 atom stereocenters. The molecule has 0 aromatic heterocycles. The summed E-state index contributed by atoms with van der Waals surface area (Å²) in [6.07, 6.45) is 4.81. The van der Waals surface area contributed by atoms with E-state index in [2.05, 4.69) is 31.5 Å². The van der Waals surface area contributed by atoms with Gasteiger partial charge < -0.3 is 0 Å². The van der Waals surface area contributed by atoms with E-state index in [9.17, 15) is 18.0 Å². The number of amides is 2. The fourth-order valence-electron chi connectivity index (χ4n) is 2.62. The van der Waals surface area contributed by atoms with Gasteiger partial charge in [0.15, 0.2) is 0 Å². The Labute approximate surface area is 149 Å². The van der Waals surface area contributed by atoms with Crippen LogP contribution < -0.4 is 15.6 Å². The van der Waals surface area contributed by atoms with E-state index in [1.807, 2.05) is 0 Å². The average Bonchev–Trinajstić information content (AvgIpc) is 2.60. The van der Waals surface area contributed by atoms with E-state index in [1.165, 1.54) is 25.2 Å². The van der Waals surface area contributed by atoms with E-state index in [0.717, 1.165) is 32.1 Å².